The van der Waals surface area contributed by atoms with Gasteiger partial charge < -0.3 is 24.2 Å². The second-order valence-corrected chi connectivity index (χ2v) is 9.12. The number of carbonyl (C=O) groups excluding carboxylic acids is 2. The van der Waals surface area contributed by atoms with E-state index in [2.05, 4.69) is 9.98 Å². The molecule has 0 radical (unpaired) electrons. The van der Waals surface area contributed by atoms with E-state index in [0.717, 1.165) is 5.82 Å². The smallest absolute Gasteiger partial charge is 0.411 e. The Labute approximate surface area is 201 Å². The number of pyridine rings is 1. The molecule has 3 aliphatic heterocycles. The molecule has 9 nitrogen and oxygen atoms in total. The molecule has 2 amide bonds. The number of halogens is 3. The average Bonchev–Trinajstić information content (AvgIpc) is 3.12. The Bertz CT molecular complexity index is 1010. The second kappa shape index (κ2) is 9.84. The average molecular weight is 496 g/mol. The molecule has 3 aliphatic rings. The lowest BCUT2D eigenvalue weighted by Crippen LogP contribution is -2.53. The fourth-order valence-corrected chi connectivity index (χ4v) is 4.21. The van der Waals surface area contributed by atoms with E-state index in [0.29, 0.717) is 37.5 Å². The second-order valence-electron chi connectivity index (χ2n) is 9.12. The Kier molecular flexibility index (Phi) is 7.02. The number of dihydropyridines is 1. The quantitative estimate of drug-likeness (QED) is 0.577. The van der Waals surface area contributed by atoms with E-state index in [1.165, 1.54) is 6.21 Å². The number of aromatic nitrogens is 1. The van der Waals surface area contributed by atoms with Crippen molar-refractivity contribution >= 4 is 29.5 Å². The van der Waals surface area contributed by atoms with Gasteiger partial charge in [0.05, 0.1) is 24.0 Å². The van der Waals surface area contributed by atoms with Gasteiger partial charge in [-0.05, 0) is 18.2 Å². The van der Waals surface area contributed by atoms with Crippen LogP contribution in [-0.2, 0) is 19.1 Å². The summed E-state index contributed by atoms with van der Waals surface area (Å²) in [6, 6.07) is 3.64. The van der Waals surface area contributed by atoms with Crippen LogP contribution < -0.4 is 9.80 Å². The number of hydrogen-bond donors (Lipinski definition) is 0. The first-order chi connectivity index (χ1) is 16.5. The molecule has 0 aliphatic carbocycles. The molecule has 0 N–H and O–H groups in total. The Morgan fingerprint density at radius 3 is 2.60 bits per heavy atom. The maximum absolute atomic E-state index is 12.9. The fourth-order valence-electron chi connectivity index (χ4n) is 4.21. The van der Waals surface area contributed by atoms with Crippen LogP contribution in [0.2, 0.25) is 0 Å². The minimum Gasteiger partial charge on any atom is -0.479 e. The van der Waals surface area contributed by atoms with Gasteiger partial charge >= 0.3 is 6.18 Å². The number of carbonyl (C=O) groups is 2. The molecule has 2 fully saturated rings. The molecule has 4 heterocycles. The topological polar surface area (TPSA) is 87.6 Å². The number of rotatable bonds is 7. The number of anilines is 2. The van der Waals surface area contributed by atoms with E-state index < -0.39 is 31.0 Å². The molecule has 4 rings (SSSR count). The highest BCUT2D eigenvalue weighted by Gasteiger charge is 2.37. The predicted octanol–water partition coefficient (Wildman–Crippen LogP) is 2.24. The lowest BCUT2D eigenvalue weighted by atomic mass is 9.99. The molecule has 35 heavy (non-hydrogen) atoms. The van der Waals surface area contributed by atoms with Gasteiger partial charge in [-0.3, -0.25) is 14.6 Å². The molecule has 0 aromatic carbocycles. The number of ether oxygens (including phenoxy) is 2. The van der Waals surface area contributed by atoms with Crippen LogP contribution in [0.25, 0.3) is 0 Å². The number of alkyl halides is 3. The maximum Gasteiger partial charge on any atom is 0.411 e. The van der Waals surface area contributed by atoms with Gasteiger partial charge in [-0.15, -0.1) is 0 Å². The molecule has 2 unspecified atom stereocenters. The van der Waals surface area contributed by atoms with Crippen LogP contribution in [0.3, 0.4) is 0 Å². The van der Waals surface area contributed by atoms with E-state index >= 15 is 0 Å². The molecular formula is C23H28F3N5O4. The van der Waals surface area contributed by atoms with E-state index in [1.807, 2.05) is 17.0 Å². The largest absolute Gasteiger partial charge is 0.479 e. The highest BCUT2D eigenvalue weighted by Crippen LogP contribution is 2.29. The van der Waals surface area contributed by atoms with Crippen molar-refractivity contribution < 1.29 is 32.2 Å². The zero-order chi connectivity index (χ0) is 25.3. The van der Waals surface area contributed by atoms with Crippen molar-refractivity contribution in [1.82, 2.24) is 9.88 Å². The number of nitrogens with zero attached hydrogens (tertiary/aromatic N) is 5. The summed E-state index contributed by atoms with van der Waals surface area (Å²) in [6.45, 7) is 1.97. The van der Waals surface area contributed by atoms with Gasteiger partial charge in [0.25, 0.3) is 5.91 Å². The highest BCUT2D eigenvalue weighted by atomic mass is 19.4. The molecule has 12 heteroatoms. The van der Waals surface area contributed by atoms with Gasteiger partial charge in [-0.1, -0.05) is 6.92 Å². The van der Waals surface area contributed by atoms with Gasteiger partial charge in [0.1, 0.15) is 18.2 Å². The van der Waals surface area contributed by atoms with Crippen molar-refractivity contribution in [1.29, 1.82) is 0 Å². The minimum atomic E-state index is -4.43. The first-order valence-corrected chi connectivity index (χ1v) is 11.4. The van der Waals surface area contributed by atoms with Crippen molar-refractivity contribution in [3.05, 3.63) is 30.2 Å². The molecule has 0 saturated carbocycles. The summed E-state index contributed by atoms with van der Waals surface area (Å²) in [5, 5.41) is 0. The maximum atomic E-state index is 12.9. The summed E-state index contributed by atoms with van der Waals surface area (Å²) in [5.41, 5.74) is 0.645. The molecule has 1 aromatic heterocycles. The van der Waals surface area contributed by atoms with Crippen LogP contribution in [0.5, 0.6) is 0 Å². The number of amides is 2. The minimum absolute atomic E-state index is 0.0311. The zero-order valence-corrected chi connectivity index (χ0v) is 19.7. The standard InChI is InChI=1S/C23H28F3N5O4/c1-14-8-17(10-28-20(14)34-13-23(24,25)26)35-18-6-7-31(22(18)33)16-4-5-19(27-9-16)30-11-15(12-30)21(32)29(2)3/h4-5,8-10,14-15,18,20H,6-7,11-13H2,1-3H3/t14?,18-,20?/m0/s1. The van der Waals surface area contributed by atoms with E-state index in [1.54, 1.807) is 43.1 Å². The van der Waals surface area contributed by atoms with Crippen LogP contribution >= 0.6 is 0 Å². The molecule has 0 bridgehead atoms. The van der Waals surface area contributed by atoms with Crippen molar-refractivity contribution in [2.24, 2.45) is 16.8 Å². The molecule has 0 spiro atoms. The van der Waals surface area contributed by atoms with Crippen molar-refractivity contribution in [3.8, 4) is 0 Å². The van der Waals surface area contributed by atoms with E-state index in [4.69, 9.17) is 9.47 Å². The summed E-state index contributed by atoms with van der Waals surface area (Å²) >= 11 is 0. The van der Waals surface area contributed by atoms with Gasteiger partial charge in [0.2, 0.25) is 5.91 Å². The monoisotopic (exact) mass is 495 g/mol. The Morgan fingerprint density at radius 2 is 2.00 bits per heavy atom. The van der Waals surface area contributed by atoms with Crippen molar-refractivity contribution in [2.75, 3.05) is 50.1 Å². The van der Waals surface area contributed by atoms with Crippen LogP contribution in [0.15, 0.2) is 35.2 Å². The van der Waals surface area contributed by atoms with Crippen LogP contribution in [0.1, 0.15) is 13.3 Å². The Hall–Kier alpha value is -3.15. The Balaban J connectivity index is 1.29. The molecule has 2 saturated heterocycles. The fraction of sp³-hybridized carbons (Fsp3) is 0.565. The third-order valence-corrected chi connectivity index (χ3v) is 6.12. The van der Waals surface area contributed by atoms with Crippen LogP contribution in [-0.4, -0.2) is 86.8 Å². The summed E-state index contributed by atoms with van der Waals surface area (Å²) in [7, 11) is 3.48. The van der Waals surface area contributed by atoms with Gasteiger partial charge in [0.15, 0.2) is 12.3 Å². The third-order valence-electron chi connectivity index (χ3n) is 6.12. The molecule has 1 aromatic rings. The highest BCUT2D eigenvalue weighted by molar-refractivity contribution is 5.99. The lowest BCUT2D eigenvalue weighted by Gasteiger charge is -2.40. The lowest BCUT2D eigenvalue weighted by molar-refractivity contribution is -0.187. The van der Waals surface area contributed by atoms with Gasteiger partial charge in [0, 0.05) is 46.1 Å². The third kappa shape index (κ3) is 5.75. The first-order valence-electron chi connectivity index (χ1n) is 11.4. The van der Waals surface area contributed by atoms with Crippen molar-refractivity contribution in [3.63, 3.8) is 0 Å². The number of hydrogen-bond acceptors (Lipinski definition) is 7. The molecule has 190 valence electrons. The first kappa shape index (κ1) is 25.0. The SMILES string of the molecule is CC1C=C(O[C@H]2CCN(c3ccc(N4CC(C(=O)N(C)C)C4)nc3)C2=O)C=NC1OCC(F)(F)F. The van der Waals surface area contributed by atoms with E-state index in [-0.39, 0.29) is 17.7 Å². The van der Waals surface area contributed by atoms with Crippen molar-refractivity contribution in [2.45, 2.75) is 31.9 Å². The molecular weight excluding hydrogens is 467 g/mol. The number of aliphatic imine (C=N–C) groups is 1. The van der Waals surface area contributed by atoms with Gasteiger partial charge in [-0.25, -0.2) is 4.98 Å². The van der Waals surface area contributed by atoms with E-state index in [9.17, 15) is 22.8 Å². The van der Waals surface area contributed by atoms with Gasteiger partial charge in [-0.2, -0.15) is 13.2 Å². The molecule has 3 atom stereocenters. The summed E-state index contributed by atoms with van der Waals surface area (Å²) in [5.74, 6) is 0.488. The predicted molar refractivity (Wildman–Crippen MR) is 122 cm³/mol. The summed E-state index contributed by atoms with van der Waals surface area (Å²) in [4.78, 5) is 38.6. The summed E-state index contributed by atoms with van der Waals surface area (Å²) < 4.78 is 47.7. The Morgan fingerprint density at radius 1 is 1.26 bits per heavy atom. The van der Waals surface area contributed by atoms with Crippen LogP contribution in [0.4, 0.5) is 24.7 Å². The van der Waals surface area contributed by atoms with Crippen LogP contribution in [0, 0.1) is 11.8 Å². The zero-order valence-electron chi connectivity index (χ0n) is 19.7. The summed E-state index contributed by atoms with van der Waals surface area (Å²) in [6.07, 6.45) is -1.11. The number of allylic oxidation sites excluding steroid dienone is 1. The normalized spacial score (nSPS) is 24.9.